The van der Waals surface area contributed by atoms with Crippen molar-refractivity contribution in [1.82, 2.24) is 5.32 Å². The first-order valence-electron chi connectivity index (χ1n) is 5.10. The van der Waals surface area contributed by atoms with Gasteiger partial charge in [0.1, 0.15) is 0 Å². The first-order chi connectivity index (χ1) is 7.17. The van der Waals surface area contributed by atoms with Crippen molar-refractivity contribution in [3.05, 3.63) is 29.8 Å². The summed E-state index contributed by atoms with van der Waals surface area (Å²) in [4.78, 5) is 12.4. The van der Waals surface area contributed by atoms with Crippen LogP contribution in [0.5, 0.6) is 0 Å². The molecule has 1 unspecified atom stereocenters. The maximum Gasteiger partial charge on any atom is 0.220 e. The zero-order valence-corrected chi connectivity index (χ0v) is 10.2. The maximum atomic E-state index is 11.2. The zero-order valence-electron chi connectivity index (χ0n) is 9.41. The SMILES string of the molecule is CCC(=O)NC(C)c1ccc(SC)cc1. The van der Waals surface area contributed by atoms with E-state index < -0.39 is 0 Å². The molecular formula is C12H17NOS. The Hall–Kier alpha value is -0.960. The molecule has 0 aromatic heterocycles. The van der Waals surface area contributed by atoms with Gasteiger partial charge in [-0.25, -0.2) is 0 Å². The quantitative estimate of drug-likeness (QED) is 0.795. The van der Waals surface area contributed by atoms with Crippen LogP contribution >= 0.6 is 11.8 Å². The standard InChI is InChI=1S/C12H17NOS/c1-4-12(14)13-9(2)10-5-7-11(15-3)8-6-10/h5-9H,4H2,1-3H3,(H,13,14). The van der Waals surface area contributed by atoms with Gasteiger partial charge in [-0.1, -0.05) is 19.1 Å². The molecule has 2 nitrogen and oxygen atoms in total. The Balaban J connectivity index is 2.65. The number of thioether (sulfide) groups is 1. The normalized spacial score (nSPS) is 12.2. The lowest BCUT2D eigenvalue weighted by molar-refractivity contribution is -0.121. The number of hydrogen-bond donors (Lipinski definition) is 1. The summed E-state index contributed by atoms with van der Waals surface area (Å²) >= 11 is 1.72. The molecule has 1 rings (SSSR count). The fraction of sp³-hybridized carbons (Fsp3) is 0.417. The number of carbonyl (C=O) groups excluding carboxylic acids is 1. The van der Waals surface area contributed by atoms with Crippen molar-refractivity contribution in [3.8, 4) is 0 Å². The van der Waals surface area contributed by atoms with E-state index in [1.807, 2.05) is 13.8 Å². The Morgan fingerprint density at radius 2 is 2.00 bits per heavy atom. The number of nitrogens with one attached hydrogen (secondary N) is 1. The molecule has 0 aliphatic heterocycles. The molecule has 0 spiro atoms. The van der Waals surface area contributed by atoms with Gasteiger partial charge in [0.2, 0.25) is 5.91 Å². The van der Waals surface area contributed by atoms with Crippen LogP contribution in [0, 0.1) is 0 Å². The summed E-state index contributed by atoms with van der Waals surface area (Å²) in [5.41, 5.74) is 1.15. The van der Waals surface area contributed by atoms with Crippen LogP contribution in [0.15, 0.2) is 29.2 Å². The van der Waals surface area contributed by atoms with Gasteiger partial charge in [0.15, 0.2) is 0 Å². The van der Waals surface area contributed by atoms with Crippen molar-refractivity contribution in [1.29, 1.82) is 0 Å². The molecule has 1 atom stereocenters. The van der Waals surface area contributed by atoms with Crippen LogP contribution < -0.4 is 5.32 Å². The van der Waals surface area contributed by atoms with E-state index in [0.717, 1.165) is 5.56 Å². The number of carbonyl (C=O) groups is 1. The van der Waals surface area contributed by atoms with E-state index >= 15 is 0 Å². The van der Waals surface area contributed by atoms with E-state index in [2.05, 4.69) is 35.8 Å². The molecule has 0 saturated heterocycles. The number of amides is 1. The molecule has 0 aliphatic carbocycles. The minimum Gasteiger partial charge on any atom is -0.350 e. The van der Waals surface area contributed by atoms with Crippen LogP contribution in [0.3, 0.4) is 0 Å². The summed E-state index contributed by atoms with van der Waals surface area (Å²) in [6, 6.07) is 8.37. The molecule has 1 aromatic carbocycles. The highest BCUT2D eigenvalue weighted by atomic mass is 32.2. The fourth-order valence-electron chi connectivity index (χ4n) is 1.32. The average molecular weight is 223 g/mol. The van der Waals surface area contributed by atoms with E-state index in [4.69, 9.17) is 0 Å². The fourth-order valence-corrected chi connectivity index (χ4v) is 1.73. The molecule has 0 saturated carbocycles. The van der Waals surface area contributed by atoms with E-state index in [1.165, 1.54) is 4.90 Å². The monoisotopic (exact) mass is 223 g/mol. The van der Waals surface area contributed by atoms with Gasteiger partial charge in [-0.3, -0.25) is 4.79 Å². The highest BCUT2D eigenvalue weighted by Gasteiger charge is 2.07. The van der Waals surface area contributed by atoms with Gasteiger partial charge in [-0.05, 0) is 30.9 Å². The summed E-state index contributed by atoms with van der Waals surface area (Å²) in [6.07, 6.45) is 2.59. The van der Waals surface area contributed by atoms with Crippen molar-refractivity contribution in [2.75, 3.05) is 6.26 Å². The van der Waals surface area contributed by atoms with Crippen molar-refractivity contribution in [2.24, 2.45) is 0 Å². The van der Waals surface area contributed by atoms with Gasteiger partial charge in [-0.15, -0.1) is 11.8 Å². The minimum atomic E-state index is 0.0911. The lowest BCUT2D eigenvalue weighted by Crippen LogP contribution is -2.25. The van der Waals surface area contributed by atoms with Crippen LogP contribution in [-0.2, 0) is 4.79 Å². The topological polar surface area (TPSA) is 29.1 Å². The van der Waals surface area contributed by atoms with Crippen LogP contribution in [0.25, 0.3) is 0 Å². The summed E-state index contributed by atoms with van der Waals surface area (Å²) in [6.45, 7) is 3.86. The van der Waals surface area contributed by atoms with E-state index in [0.29, 0.717) is 6.42 Å². The smallest absolute Gasteiger partial charge is 0.220 e. The molecule has 1 amide bonds. The molecule has 3 heteroatoms. The van der Waals surface area contributed by atoms with Gasteiger partial charge in [0, 0.05) is 11.3 Å². The molecule has 1 aromatic rings. The summed E-state index contributed by atoms with van der Waals surface area (Å²) in [5.74, 6) is 0.0939. The largest absolute Gasteiger partial charge is 0.350 e. The van der Waals surface area contributed by atoms with Crippen molar-refractivity contribution in [2.45, 2.75) is 31.2 Å². The van der Waals surface area contributed by atoms with Gasteiger partial charge in [-0.2, -0.15) is 0 Å². The third-order valence-corrected chi connectivity index (χ3v) is 3.06. The predicted molar refractivity (Wildman–Crippen MR) is 65.1 cm³/mol. The molecule has 15 heavy (non-hydrogen) atoms. The Morgan fingerprint density at radius 3 is 2.47 bits per heavy atom. The Morgan fingerprint density at radius 1 is 1.40 bits per heavy atom. The molecular weight excluding hydrogens is 206 g/mol. The van der Waals surface area contributed by atoms with Crippen LogP contribution in [-0.4, -0.2) is 12.2 Å². The molecule has 0 aliphatic rings. The second-order valence-corrected chi connectivity index (χ2v) is 4.30. The molecule has 82 valence electrons. The molecule has 0 radical (unpaired) electrons. The van der Waals surface area contributed by atoms with Crippen LogP contribution in [0.2, 0.25) is 0 Å². The minimum absolute atomic E-state index is 0.0911. The molecule has 0 heterocycles. The number of hydrogen-bond acceptors (Lipinski definition) is 2. The van der Waals surface area contributed by atoms with Crippen LogP contribution in [0.1, 0.15) is 31.9 Å². The van der Waals surface area contributed by atoms with Gasteiger partial charge >= 0.3 is 0 Å². The van der Waals surface area contributed by atoms with E-state index in [1.54, 1.807) is 11.8 Å². The Bertz CT molecular complexity index is 321. The second-order valence-electron chi connectivity index (χ2n) is 3.42. The van der Waals surface area contributed by atoms with Gasteiger partial charge < -0.3 is 5.32 Å². The summed E-state index contributed by atoms with van der Waals surface area (Å²) < 4.78 is 0. The number of benzene rings is 1. The summed E-state index contributed by atoms with van der Waals surface area (Å²) in [5, 5.41) is 2.94. The first-order valence-corrected chi connectivity index (χ1v) is 6.33. The Kier molecular flexibility index (Phi) is 4.69. The van der Waals surface area contributed by atoms with Crippen LogP contribution in [0.4, 0.5) is 0 Å². The van der Waals surface area contributed by atoms with Crippen molar-refractivity contribution < 1.29 is 4.79 Å². The zero-order chi connectivity index (χ0) is 11.3. The van der Waals surface area contributed by atoms with E-state index in [-0.39, 0.29) is 11.9 Å². The highest BCUT2D eigenvalue weighted by Crippen LogP contribution is 2.18. The van der Waals surface area contributed by atoms with Crippen molar-refractivity contribution >= 4 is 17.7 Å². The van der Waals surface area contributed by atoms with Gasteiger partial charge in [0.05, 0.1) is 6.04 Å². The average Bonchev–Trinajstić information content (AvgIpc) is 2.29. The number of rotatable bonds is 4. The van der Waals surface area contributed by atoms with E-state index in [9.17, 15) is 4.79 Å². The molecule has 0 bridgehead atoms. The third kappa shape index (κ3) is 3.59. The molecule has 0 fully saturated rings. The Labute approximate surface area is 95.5 Å². The summed E-state index contributed by atoms with van der Waals surface area (Å²) in [7, 11) is 0. The maximum absolute atomic E-state index is 11.2. The lowest BCUT2D eigenvalue weighted by Gasteiger charge is -2.13. The second kappa shape index (κ2) is 5.81. The van der Waals surface area contributed by atoms with Gasteiger partial charge in [0.25, 0.3) is 0 Å². The lowest BCUT2D eigenvalue weighted by atomic mass is 10.1. The van der Waals surface area contributed by atoms with Crippen molar-refractivity contribution in [3.63, 3.8) is 0 Å². The third-order valence-electron chi connectivity index (χ3n) is 2.31. The highest BCUT2D eigenvalue weighted by molar-refractivity contribution is 7.98. The first kappa shape index (κ1) is 12.1. The molecule has 1 N–H and O–H groups in total. The predicted octanol–water partition coefficient (Wildman–Crippen LogP) is 3.00.